The molecule has 18 heavy (non-hydrogen) atoms. The Morgan fingerprint density at radius 2 is 2.00 bits per heavy atom. The summed E-state index contributed by atoms with van der Waals surface area (Å²) in [6.45, 7) is 3.74. The van der Waals surface area contributed by atoms with Crippen LogP contribution in [-0.2, 0) is 9.53 Å². The zero-order chi connectivity index (χ0) is 13.5. The van der Waals surface area contributed by atoms with E-state index in [0.717, 1.165) is 5.56 Å². The summed E-state index contributed by atoms with van der Waals surface area (Å²) in [6.07, 6.45) is 0. The second-order valence-electron chi connectivity index (χ2n) is 3.49. The summed E-state index contributed by atoms with van der Waals surface area (Å²) in [6, 6.07) is 8.73. The van der Waals surface area contributed by atoms with E-state index in [1.807, 2.05) is 19.1 Å². The summed E-state index contributed by atoms with van der Waals surface area (Å²) in [5, 5.41) is 8.85. The van der Waals surface area contributed by atoms with Gasteiger partial charge in [-0.1, -0.05) is 17.7 Å². The van der Waals surface area contributed by atoms with Crippen molar-refractivity contribution in [1.82, 2.24) is 0 Å². The van der Waals surface area contributed by atoms with Gasteiger partial charge in [-0.2, -0.15) is 5.26 Å². The van der Waals surface area contributed by atoms with Gasteiger partial charge in [0.2, 0.25) is 5.88 Å². The van der Waals surface area contributed by atoms with Crippen LogP contribution in [-0.4, -0.2) is 12.6 Å². The van der Waals surface area contributed by atoms with Crippen molar-refractivity contribution in [2.24, 2.45) is 5.73 Å². The first-order valence-electron chi connectivity index (χ1n) is 5.40. The van der Waals surface area contributed by atoms with Gasteiger partial charge in [0.1, 0.15) is 11.8 Å². The van der Waals surface area contributed by atoms with Gasteiger partial charge in [0.15, 0.2) is 5.57 Å². The van der Waals surface area contributed by atoms with Crippen molar-refractivity contribution >= 4 is 5.97 Å². The molecule has 1 aromatic carbocycles. The van der Waals surface area contributed by atoms with Crippen molar-refractivity contribution in [3.8, 4) is 11.8 Å². The Kier molecular flexibility index (Phi) is 4.76. The standard InChI is InChI=1S/C13H14N2O3/c1-3-17-13(16)11(8-14)12(15)18-10-6-4-9(2)5-7-10/h4-7H,3,15H2,1-2H3/b12-11+. The van der Waals surface area contributed by atoms with Crippen LogP contribution in [0.4, 0.5) is 0 Å². The average Bonchev–Trinajstić information content (AvgIpc) is 2.33. The molecule has 0 aliphatic carbocycles. The number of carbonyl (C=O) groups excluding carboxylic acids is 1. The Bertz CT molecular complexity index is 498. The molecule has 5 nitrogen and oxygen atoms in total. The van der Waals surface area contributed by atoms with Gasteiger partial charge in [0.05, 0.1) is 6.61 Å². The van der Waals surface area contributed by atoms with Gasteiger partial charge in [-0.05, 0) is 26.0 Å². The summed E-state index contributed by atoms with van der Waals surface area (Å²) in [4.78, 5) is 11.4. The van der Waals surface area contributed by atoms with Crippen LogP contribution in [0.1, 0.15) is 12.5 Å². The molecule has 0 aromatic heterocycles. The van der Waals surface area contributed by atoms with Crippen LogP contribution in [0, 0.1) is 18.3 Å². The quantitative estimate of drug-likeness (QED) is 0.377. The summed E-state index contributed by atoms with van der Waals surface area (Å²) >= 11 is 0. The van der Waals surface area contributed by atoms with Crippen molar-refractivity contribution < 1.29 is 14.3 Å². The number of benzene rings is 1. The van der Waals surface area contributed by atoms with Crippen LogP contribution in [0.25, 0.3) is 0 Å². The Morgan fingerprint density at radius 1 is 1.39 bits per heavy atom. The van der Waals surface area contributed by atoms with Crippen LogP contribution >= 0.6 is 0 Å². The van der Waals surface area contributed by atoms with Crippen molar-refractivity contribution in [3.05, 3.63) is 41.3 Å². The van der Waals surface area contributed by atoms with E-state index < -0.39 is 5.97 Å². The van der Waals surface area contributed by atoms with Crippen LogP contribution < -0.4 is 10.5 Å². The van der Waals surface area contributed by atoms with Crippen LogP contribution in [0.3, 0.4) is 0 Å². The normalized spacial score (nSPS) is 11.2. The van der Waals surface area contributed by atoms with Gasteiger partial charge in [-0.25, -0.2) is 4.79 Å². The molecular weight excluding hydrogens is 232 g/mol. The molecule has 1 rings (SSSR count). The molecule has 5 heteroatoms. The molecular formula is C13H14N2O3. The predicted octanol–water partition coefficient (Wildman–Crippen LogP) is 1.63. The second kappa shape index (κ2) is 6.30. The van der Waals surface area contributed by atoms with E-state index in [1.54, 1.807) is 25.1 Å². The fraction of sp³-hybridized carbons (Fsp3) is 0.231. The highest BCUT2D eigenvalue weighted by Gasteiger charge is 2.16. The first kappa shape index (κ1) is 13.6. The summed E-state index contributed by atoms with van der Waals surface area (Å²) in [5.74, 6) is -0.598. The van der Waals surface area contributed by atoms with E-state index in [0.29, 0.717) is 5.75 Å². The molecule has 0 saturated carbocycles. The minimum Gasteiger partial charge on any atom is -0.462 e. The number of hydrogen-bond donors (Lipinski definition) is 1. The Balaban J connectivity index is 2.90. The highest BCUT2D eigenvalue weighted by Crippen LogP contribution is 2.14. The highest BCUT2D eigenvalue weighted by molar-refractivity contribution is 5.93. The van der Waals surface area contributed by atoms with E-state index in [2.05, 4.69) is 0 Å². The van der Waals surface area contributed by atoms with Crippen molar-refractivity contribution in [3.63, 3.8) is 0 Å². The molecule has 1 aromatic rings. The average molecular weight is 246 g/mol. The molecule has 94 valence electrons. The van der Waals surface area contributed by atoms with E-state index in [4.69, 9.17) is 20.5 Å². The van der Waals surface area contributed by atoms with Crippen molar-refractivity contribution in [2.75, 3.05) is 6.61 Å². The number of nitrogens with two attached hydrogens (primary N) is 1. The van der Waals surface area contributed by atoms with Gasteiger partial charge in [0, 0.05) is 0 Å². The molecule has 0 heterocycles. The second-order valence-corrected chi connectivity index (χ2v) is 3.49. The van der Waals surface area contributed by atoms with Gasteiger partial charge >= 0.3 is 5.97 Å². The lowest BCUT2D eigenvalue weighted by Crippen LogP contribution is -2.17. The molecule has 0 saturated heterocycles. The van der Waals surface area contributed by atoms with E-state index in [1.165, 1.54) is 0 Å². The largest absolute Gasteiger partial charge is 0.462 e. The zero-order valence-electron chi connectivity index (χ0n) is 10.3. The molecule has 0 aliphatic heterocycles. The molecule has 0 fully saturated rings. The SMILES string of the molecule is CCOC(=O)/C(C#N)=C(\N)Oc1ccc(C)cc1. The van der Waals surface area contributed by atoms with Gasteiger partial charge in [0.25, 0.3) is 0 Å². The number of ether oxygens (including phenoxy) is 2. The molecule has 0 aliphatic rings. The predicted molar refractivity (Wildman–Crippen MR) is 65.3 cm³/mol. The van der Waals surface area contributed by atoms with Crippen LogP contribution in [0.15, 0.2) is 35.7 Å². The number of rotatable bonds is 4. The Labute approximate surface area is 105 Å². The fourth-order valence-corrected chi connectivity index (χ4v) is 1.19. The maximum Gasteiger partial charge on any atom is 0.354 e. The first-order chi connectivity index (χ1) is 8.58. The van der Waals surface area contributed by atoms with Crippen LogP contribution in [0.5, 0.6) is 5.75 Å². The maximum absolute atomic E-state index is 11.4. The van der Waals surface area contributed by atoms with E-state index in [9.17, 15) is 4.79 Å². The monoisotopic (exact) mass is 246 g/mol. The van der Waals surface area contributed by atoms with Crippen molar-refractivity contribution in [2.45, 2.75) is 13.8 Å². The lowest BCUT2D eigenvalue weighted by atomic mass is 10.2. The first-order valence-corrected chi connectivity index (χ1v) is 5.40. The van der Waals surface area contributed by atoms with E-state index >= 15 is 0 Å². The summed E-state index contributed by atoms with van der Waals surface area (Å²) in [7, 11) is 0. The smallest absolute Gasteiger partial charge is 0.354 e. The zero-order valence-corrected chi connectivity index (χ0v) is 10.3. The number of nitrogens with zero attached hydrogens (tertiary/aromatic N) is 1. The third-order valence-electron chi connectivity index (χ3n) is 2.09. The van der Waals surface area contributed by atoms with Gasteiger partial charge < -0.3 is 15.2 Å². The lowest BCUT2D eigenvalue weighted by Gasteiger charge is -2.07. The number of nitriles is 1. The third-order valence-corrected chi connectivity index (χ3v) is 2.09. The minimum absolute atomic E-state index is 0.168. The number of aryl methyl sites for hydroxylation is 1. The van der Waals surface area contributed by atoms with E-state index in [-0.39, 0.29) is 18.1 Å². The molecule has 0 atom stereocenters. The fourth-order valence-electron chi connectivity index (χ4n) is 1.19. The topological polar surface area (TPSA) is 85.3 Å². The Hall–Kier alpha value is -2.48. The molecule has 0 amide bonds. The molecule has 0 spiro atoms. The molecule has 0 radical (unpaired) electrons. The minimum atomic E-state index is -0.787. The Morgan fingerprint density at radius 3 is 2.50 bits per heavy atom. The van der Waals surface area contributed by atoms with Crippen LogP contribution in [0.2, 0.25) is 0 Å². The number of carbonyl (C=O) groups is 1. The lowest BCUT2D eigenvalue weighted by molar-refractivity contribution is -0.138. The summed E-state index contributed by atoms with van der Waals surface area (Å²) < 4.78 is 9.92. The van der Waals surface area contributed by atoms with Crippen molar-refractivity contribution in [1.29, 1.82) is 5.26 Å². The third kappa shape index (κ3) is 3.52. The summed E-state index contributed by atoms with van der Waals surface area (Å²) in [5.41, 5.74) is 6.29. The highest BCUT2D eigenvalue weighted by atomic mass is 16.5. The van der Waals surface area contributed by atoms with Gasteiger partial charge in [-0.3, -0.25) is 0 Å². The molecule has 2 N–H and O–H groups in total. The maximum atomic E-state index is 11.4. The molecule has 0 unspecified atom stereocenters. The van der Waals surface area contributed by atoms with Gasteiger partial charge in [-0.15, -0.1) is 0 Å². The number of hydrogen-bond acceptors (Lipinski definition) is 5. The molecule has 0 bridgehead atoms. The number of esters is 1.